The smallest absolute Gasteiger partial charge is 0.0681 e. The number of hydrogen-bond donors (Lipinski definition) is 1. The van der Waals surface area contributed by atoms with Gasteiger partial charge in [-0.1, -0.05) is 54.6 Å². The van der Waals surface area contributed by atoms with Crippen molar-refractivity contribution in [3.8, 4) is 0 Å². The molecular formula is C15H16O. The number of benzene rings is 2. The number of aryl methyl sites for hydroxylation is 2. The van der Waals surface area contributed by atoms with Gasteiger partial charge in [-0.2, -0.15) is 0 Å². The van der Waals surface area contributed by atoms with Gasteiger partial charge in [0.1, 0.15) is 0 Å². The van der Waals surface area contributed by atoms with Crippen LogP contribution in [0, 0.1) is 0 Å². The third kappa shape index (κ3) is 2.94. The summed E-state index contributed by atoms with van der Waals surface area (Å²) in [7, 11) is 0. The van der Waals surface area contributed by atoms with Crippen molar-refractivity contribution in [3.63, 3.8) is 0 Å². The zero-order chi connectivity index (χ0) is 11.2. The van der Waals surface area contributed by atoms with E-state index < -0.39 is 0 Å². The summed E-state index contributed by atoms with van der Waals surface area (Å²) in [5, 5.41) is 8.94. The number of aliphatic hydroxyl groups excluding tert-OH is 1. The van der Waals surface area contributed by atoms with Crippen molar-refractivity contribution in [2.75, 3.05) is 0 Å². The molecule has 2 aromatic rings. The first-order valence-corrected chi connectivity index (χ1v) is 5.61. The first-order valence-electron chi connectivity index (χ1n) is 5.61. The van der Waals surface area contributed by atoms with E-state index in [4.69, 9.17) is 5.11 Å². The van der Waals surface area contributed by atoms with Crippen LogP contribution in [0.4, 0.5) is 0 Å². The van der Waals surface area contributed by atoms with E-state index in [1.54, 1.807) is 0 Å². The molecule has 0 heterocycles. The van der Waals surface area contributed by atoms with Crippen LogP contribution in [0.1, 0.15) is 16.7 Å². The largest absolute Gasteiger partial charge is 0.392 e. The van der Waals surface area contributed by atoms with Gasteiger partial charge in [-0.15, -0.1) is 0 Å². The highest BCUT2D eigenvalue weighted by atomic mass is 16.3. The lowest BCUT2D eigenvalue weighted by atomic mass is 10.0. The molecule has 0 saturated carbocycles. The molecule has 0 aliphatic rings. The predicted molar refractivity (Wildman–Crippen MR) is 66.2 cm³/mol. The number of rotatable bonds is 4. The van der Waals surface area contributed by atoms with Crippen molar-refractivity contribution in [2.24, 2.45) is 0 Å². The SMILES string of the molecule is OCc1ccc(CCc2ccccc2)cc1. The Hall–Kier alpha value is -1.60. The molecule has 2 aromatic carbocycles. The highest BCUT2D eigenvalue weighted by Gasteiger charge is 1.95. The number of aliphatic hydroxyl groups is 1. The summed E-state index contributed by atoms with van der Waals surface area (Å²) in [5.41, 5.74) is 3.67. The van der Waals surface area contributed by atoms with Gasteiger partial charge in [0.2, 0.25) is 0 Å². The predicted octanol–water partition coefficient (Wildman–Crippen LogP) is 2.96. The van der Waals surface area contributed by atoms with E-state index in [1.165, 1.54) is 11.1 Å². The topological polar surface area (TPSA) is 20.2 Å². The van der Waals surface area contributed by atoms with Crippen molar-refractivity contribution in [1.29, 1.82) is 0 Å². The molecule has 0 saturated heterocycles. The van der Waals surface area contributed by atoms with Crippen LogP contribution in [0.2, 0.25) is 0 Å². The summed E-state index contributed by atoms with van der Waals surface area (Å²) in [4.78, 5) is 0. The van der Waals surface area contributed by atoms with Gasteiger partial charge in [-0.3, -0.25) is 0 Å². The highest BCUT2D eigenvalue weighted by molar-refractivity contribution is 5.24. The minimum atomic E-state index is 0.124. The lowest BCUT2D eigenvalue weighted by Gasteiger charge is -2.03. The van der Waals surface area contributed by atoms with Gasteiger partial charge in [-0.05, 0) is 29.5 Å². The van der Waals surface area contributed by atoms with Gasteiger partial charge in [0.05, 0.1) is 6.61 Å². The first kappa shape index (κ1) is 10.9. The van der Waals surface area contributed by atoms with E-state index in [0.717, 1.165) is 18.4 Å². The molecule has 0 fully saturated rings. The van der Waals surface area contributed by atoms with E-state index in [0.29, 0.717) is 0 Å². The van der Waals surface area contributed by atoms with Crippen LogP contribution in [-0.4, -0.2) is 5.11 Å². The van der Waals surface area contributed by atoms with Crippen LogP contribution in [0.3, 0.4) is 0 Å². The molecule has 0 spiro atoms. The maximum absolute atomic E-state index is 8.94. The van der Waals surface area contributed by atoms with Crippen LogP contribution in [0.25, 0.3) is 0 Å². The van der Waals surface area contributed by atoms with E-state index in [1.807, 2.05) is 18.2 Å². The summed E-state index contributed by atoms with van der Waals surface area (Å²) in [5.74, 6) is 0. The van der Waals surface area contributed by atoms with E-state index in [-0.39, 0.29) is 6.61 Å². The van der Waals surface area contributed by atoms with Gasteiger partial charge in [0.25, 0.3) is 0 Å². The summed E-state index contributed by atoms with van der Waals surface area (Å²) < 4.78 is 0. The molecule has 0 amide bonds. The first-order chi connectivity index (χ1) is 7.88. The molecule has 2 rings (SSSR count). The fourth-order valence-corrected chi connectivity index (χ4v) is 1.74. The zero-order valence-corrected chi connectivity index (χ0v) is 9.26. The number of hydrogen-bond acceptors (Lipinski definition) is 1. The molecule has 1 N–H and O–H groups in total. The highest BCUT2D eigenvalue weighted by Crippen LogP contribution is 2.09. The third-order valence-corrected chi connectivity index (χ3v) is 2.75. The second-order valence-electron chi connectivity index (χ2n) is 3.96. The fourth-order valence-electron chi connectivity index (χ4n) is 1.74. The molecule has 0 atom stereocenters. The summed E-state index contributed by atoms with van der Waals surface area (Å²) >= 11 is 0. The molecule has 1 heteroatoms. The third-order valence-electron chi connectivity index (χ3n) is 2.75. The molecule has 0 aromatic heterocycles. The molecule has 16 heavy (non-hydrogen) atoms. The summed E-state index contributed by atoms with van der Waals surface area (Å²) in [6.07, 6.45) is 2.12. The van der Waals surface area contributed by atoms with Crippen LogP contribution in [-0.2, 0) is 19.4 Å². The molecule has 0 unspecified atom stereocenters. The summed E-state index contributed by atoms with van der Waals surface area (Å²) in [6, 6.07) is 18.7. The van der Waals surface area contributed by atoms with Gasteiger partial charge in [0.15, 0.2) is 0 Å². The average molecular weight is 212 g/mol. The summed E-state index contributed by atoms with van der Waals surface area (Å²) in [6.45, 7) is 0.124. The Morgan fingerprint density at radius 2 is 1.12 bits per heavy atom. The van der Waals surface area contributed by atoms with E-state index in [2.05, 4.69) is 36.4 Å². The van der Waals surface area contributed by atoms with Crippen LogP contribution >= 0.6 is 0 Å². The Kier molecular flexibility index (Phi) is 3.73. The molecule has 0 aliphatic carbocycles. The second-order valence-corrected chi connectivity index (χ2v) is 3.96. The lowest BCUT2D eigenvalue weighted by molar-refractivity contribution is 0.282. The maximum Gasteiger partial charge on any atom is 0.0681 e. The van der Waals surface area contributed by atoms with Crippen LogP contribution < -0.4 is 0 Å². The van der Waals surface area contributed by atoms with Crippen LogP contribution in [0.15, 0.2) is 54.6 Å². The normalized spacial score (nSPS) is 10.3. The Balaban J connectivity index is 1.94. The Morgan fingerprint density at radius 1 is 0.625 bits per heavy atom. The van der Waals surface area contributed by atoms with Crippen molar-refractivity contribution in [3.05, 3.63) is 71.3 Å². The maximum atomic E-state index is 8.94. The fraction of sp³-hybridized carbons (Fsp3) is 0.200. The van der Waals surface area contributed by atoms with Crippen molar-refractivity contribution in [1.82, 2.24) is 0 Å². The molecule has 82 valence electrons. The van der Waals surface area contributed by atoms with Gasteiger partial charge < -0.3 is 5.11 Å². The van der Waals surface area contributed by atoms with Crippen molar-refractivity contribution in [2.45, 2.75) is 19.4 Å². The molecular weight excluding hydrogens is 196 g/mol. The molecule has 0 aliphatic heterocycles. The Morgan fingerprint density at radius 3 is 1.69 bits per heavy atom. The van der Waals surface area contributed by atoms with Gasteiger partial charge >= 0.3 is 0 Å². The van der Waals surface area contributed by atoms with Gasteiger partial charge in [0, 0.05) is 0 Å². The Bertz CT molecular complexity index is 417. The van der Waals surface area contributed by atoms with E-state index in [9.17, 15) is 0 Å². The van der Waals surface area contributed by atoms with Crippen molar-refractivity contribution >= 4 is 0 Å². The minimum absolute atomic E-state index is 0.124. The lowest BCUT2D eigenvalue weighted by Crippen LogP contribution is -1.91. The zero-order valence-electron chi connectivity index (χ0n) is 9.26. The van der Waals surface area contributed by atoms with E-state index >= 15 is 0 Å². The molecule has 0 bridgehead atoms. The standard InChI is InChI=1S/C15H16O/c16-12-15-10-8-14(9-11-15)7-6-13-4-2-1-3-5-13/h1-5,8-11,16H,6-7,12H2. The van der Waals surface area contributed by atoms with Gasteiger partial charge in [-0.25, -0.2) is 0 Å². The average Bonchev–Trinajstić information content (AvgIpc) is 2.38. The quantitative estimate of drug-likeness (QED) is 0.826. The molecule has 0 radical (unpaired) electrons. The minimum Gasteiger partial charge on any atom is -0.392 e. The molecule has 1 nitrogen and oxygen atoms in total. The second kappa shape index (κ2) is 5.47. The van der Waals surface area contributed by atoms with Crippen LogP contribution in [0.5, 0.6) is 0 Å². The Labute approximate surface area is 96.4 Å². The van der Waals surface area contributed by atoms with Crippen molar-refractivity contribution < 1.29 is 5.11 Å². The monoisotopic (exact) mass is 212 g/mol.